The fraction of sp³-hybridized carbons (Fsp3) is 0.133. The lowest BCUT2D eigenvalue weighted by Crippen LogP contribution is -2.04. The zero-order valence-electron chi connectivity index (χ0n) is 10.3. The van der Waals surface area contributed by atoms with Crippen LogP contribution in [0.5, 0.6) is 0 Å². The Bertz CT molecular complexity index is 656. The third kappa shape index (κ3) is 1.84. The number of rotatable bonds is 3. The van der Waals surface area contributed by atoms with Crippen molar-refractivity contribution in [1.29, 1.82) is 0 Å². The van der Waals surface area contributed by atoms with Crippen LogP contribution in [-0.4, -0.2) is 16.6 Å². The minimum absolute atomic E-state index is 0.831. The Balaban J connectivity index is 2.10. The molecule has 18 heavy (non-hydrogen) atoms. The first-order chi connectivity index (χ1) is 8.88. The van der Waals surface area contributed by atoms with Crippen molar-refractivity contribution in [2.24, 2.45) is 0 Å². The van der Waals surface area contributed by atoms with Gasteiger partial charge in [0.25, 0.3) is 0 Å². The quantitative estimate of drug-likeness (QED) is 0.758. The highest BCUT2D eigenvalue weighted by molar-refractivity contribution is 5.78. The third-order valence-electron chi connectivity index (χ3n) is 3.06. The first-order valence-corrected chi connectivity index (χ1v) is 6.05. The number of fused-ring (bicyclic) bond motifs is 1. The van der Waals surface area contributed by atoms with E-state index in [4.69, 9.17) is 0 Å². The average molecular weight is 237 g/mol. The van der Waals surface area contributed by atoms with Crippen LogP contribution in [0.2, 0.25) is 0 Å². The minimum atomic E-state index is 0.831. The topological polar surface area (TPSA) is 29.9 Å². The molecule has 1 N–H and O–H groups in total. The van der Waals surface area contributed by atoms with Crippen molar-refractivity contribution in [2.45, 2.75) is 6.54 Å². The van der Waals surface area contributed by atoms with Crippen molar-refractivity contribution < 1.29 is 0 Å². The van der Waals surface area contributed by atoms with E-state index in [-0.39, 0.29) is 0 Å². The molecular formula is C15H15N3. The summed E-state index contributed by atoms with van der Waals surface area (Å²) in [4.78, 5) is 4.58. The number of imidazole rings is 1. The highest BCUT2D eigenvalue weighted by Crippen LogP contribution is 2.20. The molecule has 0 amide bonds. The predicted molar refractivity (Wildman–Crippen MR) is 74.8 cm³/mol. The van der Waals surface area contributed by atoms with E-state index in [1.165, 1.54) is 5.56 Å². The van der Waals surface area contributed by atoms with Crippen molar-refractivity contribution in [3.05, 3.63) is 60.2 Å². The van der Waals surface area contributed by atoms with Crippen molar-refractivity contribution >= 4 is 17.0 Å². The lowest BCUT2D eigenvalue weighted by atomic mass is 10.2. The molecule has 0 atom stereocenters. The fourth-order valence-electron chi connectivity index (χ4n) is 2.19. The molecule has 0 aliphatic carbocycles. The van der Waals surface area contributed by atoms with Crippen molar-refractivity contribution in [3.8, 4) is 0 Å². The van der Waals surface area contributed by atoms with Crippen LogP contribution in [0.1, 0.15) is 5.56 Å². The number of benzene rings is 2. The molecule has 0 radical (unpaired) electrons. The second-order valence-electron chi connectivity index (χ2n) is 4.25. The largest absolute Gasteiger partial charge is 0.359 e. The Kier molecular flexibility index (Phi) is 2.73. The molecule has 1 aromatic heterocycles. The Morgan fingerprint density at radius 1 is 1.00 bits per heavy atom. The smallest absolute Gasteiger partial charge is 0.203 e. The summed E-state index contributed by atoms with van der Waals surface area (Å²) in [6, 6.07) is 18.6. The lowest BCUT2D eigenvalue weighted by Gasteiger charge is -2.08. The Hall–Kier alpha value is -2.29. The van der Waals surface area contributed by atoms with Gasteiger partial charge in [-0.25, -0.2) is 4.98 Å². The normalized spacial score (nSPS) is 10.7. The van der Waals surface area contributed by atoms with Gasteiger partial charge in [-0.3, -0.25) is 0 Å². The van der Waals surface area contributed by atoms with Crippen molar-refractivity contribution in [2.75, 3.05) is 12.4 Å². The summed E-state index contributed by atoms with van der Waals surface area (Å²) in [5, 5.41) is 3.16. The lowest BCUT2D eigenvalue weighted by molar-refractivity contribution is 0.832. The Labute approximate surface area is 106 Å². The molecule has 0 fully saturated rings. The predicted octanol–water partition coefficient (Wildman–Crippen LogP) is 3.13. The van der Waals surface area contributed by atoms with Crippen LogP contribution < -0.4 is 5.32 Å². The summed E-state index contributed by atoms with van der Waals surface area (Å²) >= 11 is 0. The SMILES string of the molecule is CNc1nc2ccccc2n1Cc1ccccc1. The number of hydrogen-bond acceptors (Lipinski definition) is 2. The van der Waals surface area contributed by atoms with Gasteiger partial charge in [-0.15, -0.1) is 0 Å². The summed E-state index contributed by atoms with van der Waals surface area (Å²) in [6.07, 6.45) is 0. The summed E-state index contributed by atoms with van der Waals surface area (Å²) < 4.78 is 2.20. The van der Waals surface area contributed by atoms with Gasteiger partial charge in [-0.1, -0.05) is 42.5 Å². The van der Waals surface area contributed by atoms with Gasteiger partial charge in [0, 0.05) is 7.05 Å². The number of hydrogen-bond donors (Lipinski definition) is 1. The molecule has 1 heterocycles. The van der Waals surface area contributed by atoms with E-state index < -0.39 is 0 Å². The zero-order chi connectivity index (χ0) is 12.4. The summed E-state index contributed by atoms with van der Waals surface area (Å²) in [6.45, 7) is 0.831. The van der Waals surface area contributed by atoms with Gasteiger partial charge < -0.3 is 9.88 Å². The van der Waals surface area contributed by atoms with Crippen LogP contribution in [0.15, 0.2) is 54.6 Å². The molecule has 0 saturated heterocycles. The van der Waals surface area contributed by atoms with Gasteiger partial charge in [0.15, 0.2) is 0 Å². The van der Waals surface area contributed by atoms with Gasteiger partial charge in [0.2, 0.25) is 5.95 Å². The van der Waals surface area contributed by atoms with E-state index in [1.54, 1.807) is 0 Å². The van der Waals surface area contributed by atoms with Gasteiger partial charge in [0.05, 0.1) is 17.6 Å². The maximum Gasteiger partial charge on any atom is 0.203 e. The van der Waals surface area contributed by atoms with Gasteiger partial charge in [-0.05, 0) is 17.7 Å². The van der Waals surface area contributed by atoms with Crippen LogP contribution in [0.3, 0.4) is 0 Å². The minimum Gasteiger partial charge on any atom is -0.359 e. The van der Waals surface area contributed by atoms with E-state index in [0.29, 0.717) is 0 Å². The molecule has 0 unspecified atom stereocenters. The van der Waals surface area contributed by atoms with E-state index in [9.17, 15) is 0 Å². The molecule has 0 aliphatic rings. The second kappa shape index (κ2) is 4.53. The van der Waals surface area contributed by atoms with Crippen LogP contribution >= 0.6 is 0 Å². The molecule has 90 valence electrons. The molecule has 2 aromatic carbocycles. The van der Waals surface area contributed by atoms with Crippen molar-refractivity contribution in [3.63, 3.8) is 0 Å². The molecule has 0 aliphatic heterocycles. The number of aromatic nitrogens is 2. The molecule has 3 heteroatoms. The van der Waals surface area contributed by atoms with E-state index in [0.717, 1.165) is 23.5 Å². The van der Waals surface area contributed by atoms with E-state index in [1.807, 2.05) is 31.3 Å². The Morgan fingerprint density at radius 3 is 2.50 bits per heavy atom. The van der Waals surface area contributed by atoms with Crippen LogP contribution in [0, 0.1) is 0 Å². The molecule has 0 spiro atoms. The highest BCUT2D eigenvalue weighted by Gasteiger charge is 2.08. The van der Waals surface area contributed by atoms with Crippen LogP contribution in [0.4, 0.5) is 5.95 Å². The molecule has 3 rings (SSSR count). The molecule has 3 aromatic rings. The number of para-hydroxylation sites is 2. The number of nitrogens with zero attached hydrogens (tertiary/aromatic N) is 2. The third-order valence-corrected chi connectivity index (χ3v) is 3.06. The maximum absolute atomic E-state index is 4.58. The first-order valence-electron chi connectivity index (χ1n) is 6.05. The van der Waals surface area contributed by atoms with Gasteiger partial charge >= 0.3 is 0 Å². The fourth-order valence-corrected chi connectivity index (χ4v) is 2.19. The van der Waals surface area contributed by atoms with E-state index in [2.05, 4.69) is 45.2 Å². The molecular weight excluding hydrogens is 222 g/mol. The summed E-state index contributed by atoms with van der Waals surface area (Å²) in [5.41, 5.74) is 3.46. The average Bonchev–Trinajstić information content (AvgIpc) is 2.78. The van der Waals surface area contributed by atoms with Crippen LogP contribution in [0.25, 0.3) is 11.0 Å². The monoisotopic (exact) mass is 237 g/mol. The Morgan fingerprint density at radius 2 is 1.72 bits per heavy atom. The number of anilines is 1. The zero-order valence-corrected chi connectivity index (χ0v) is 10.3. The molecule has 0 saturated carbocycles. The first kappa shape index (κ1) is 10.8. The second-order valence-corrected chi connectivity index (χ2v) is 4.25. The maximum atomic E-state index is 4.58. The summed E-state index contributed by atoms with van der Waals surface area (Å²) in [5.74, 6) is 0.903. The molecule has 3 nitrogen and oxygen atoms in total. The van der Waals surface area contributed by atoms with Gasteiger partial charge in [0.1, 0.15) is 0 Å². The van der Waals surface area contributed by atoms with E-state index >= 15 is 0 Å². The highest BCUT2D eigenvalue weighted by atomic mass is 15.2. The van der Waals surface area contributed by atoms with Crippen LogP contribution in [-0.2, 0) is 6.54 Å². The van der Waals surface area contributed by atoms with Gasteiger partial charge in [-0.2, -0.15) is 0 Å². The molecule has 0 bridgehead atoms. The standard InChI is InChI=1S/C15H15N3/c1-16-15-17-13-9-5-6-10-14(13)18(15)11-12-7-3-2-4-8-12/h2-10H,11H2,1H3,(H,16,17). The number of nitrogens with one attached hydrogen (secondary N) is 1. The summed E-state index contributed by atoms with van der Waals surface area (Å²) in [7, 11) is 1.91. The van der Waals surface area contributed by atoms with Crippen molar-refractivity contribution in [1.82, 2.24) is 9.55 Å².